The van der Waals surface area contributed by atoms with Crippen LogP contribution in [0.5, 0.6) is 6.01 Å². The van der Waals surface area contributed by atoms with Crippen molar-refractivity contribution in [2.75, 3.05) is 13.2 Å². The number of aryl methyl sites for hydroxylation is 2. The van der Waals surface area contributed by atoms with E-state index < -0.39 is 0 Å². The van der Waals surface area contributed by atoms with Gasteiger partial charge >= 0.3 is 12.1 Å². The highest BCUT2D eigenvalue weighted by atomic mass is 16.6. The summed E-state index contributed by atoms with van der Waals surface area (Å²) in [5.41, 5.74) is 1.82. The van der Waals surface area contributed by atoms with Gasteiger partial charge in [0.25, 0.3) is 0 Å². The Morgan fingerprint density at radius 2 is 1.68 bits per heavy atom. The summed E-state index contributed by atoms with van der Waals surface area (Å²) in [6, 6.07) is 2.53. The van der Waals surface area contributed by atoms with Gasteiger partial charge in [0, 0.05) is 30.3 Å². The molecule has 2 aliphatic rings. The van der Waals surface area contributed by atoms with Gasteiger partial charge in [0.1, 0.15) is 12.2 Å². The van der Waals surface area contributed by atoms with Crippen LogP contribution in [0.3, 0.4) is 0 Å². The molecule has 1 N–H and O–H groups in total. The van der Waals surface area contributed by atoms with Crippen LogP contribution in [-0.2, 0) is 9.47 Å². The lowest BCUT2D eigenvalue weighted by Crippen LogP contribution is -2.41. The van der Waals surface area contributed by atoms with Crippen molar-refractivity contribution in [3.8, 4) is 6.01 Å². The molecule has 1 saturated carbocycles. The Hall–Kier alpha value is -1.89. The van der Waals surface area contributed by atoms with Crippen LogP contribution in [0.1, 0.15) is 49.9 Å². The van der Waals surface area contributed by atoms with Crippen LogP contribution in [-0.4, -0.2) is 47.5 Å². The molecule has 1 amide bonds. The topological polar surface area (TPSA) is 82.6 Å². The van der Waals surface area contributed by atoms with Gasteiger partial charge in [0.05, 0.1) is 13.2 Å². The molecule has 2 fully saturated rings. The number of hydrogen-bond acceptors (Lipinski definition) is 6. The second-order valence-corrected chi connectivity index (χ2v) is 6.89. The normalized spacial score (nSPS) is 24.6. The van der Waals surface area contributed by atoms with Gasteiger partial charge in [-0.3, -0.25) is 0 Å². The minimum absolute atomic E-state index is 0.0184. The van der Waals surface area contributed by atoms with E-state index in [9.17, 15) is 4.79 Å². The van der Waals surface area contributed by atoms with E-state index in [4.69, 9.17) is 14.2 Å². The van der Waals surface area contributed by atoms with E-state index in [0.29, 0.717) is 19.2 Å². The lowest BCUT2D eigenvalue weighted by Gasteiger charge is -2.29. The molecule has 1 aliphatic carbocycles. The first kappa shape index (κ1) is 17.9. The van der Waals surface area contributed by atoms with Crippen LogP contribution in [0, 0.1) is 13.8 Å². The fourth-order valence-electron chi connectivity index (χ4n) is 3.37. The van der Waals surface area contributed by atoms with Crippen molar-refractivity contribution in [3.05, 3.63) is 17.5 Å². The van der Waals surface area contributed by atoms with Gasteiger partial charge in [-0.1, -0.05) is 0 Å². The number of hydrogen-bond donors (Lipinski definition) is 1. The van der Waals surface area contributed by atoms with E-state index in [2.05, 4.69) is 15.3 Å². The Balaban J connectivity index is 1.40. The molecule has 0 radical (unpaired) electrons. The number of alkyl carbamates (subject to hydrolysis) is 1. The van der Waals surface area contributed by atoms with Crippen molar-refractivity contribution in [2.45, 2.75) is 70.6 Å². The summed E-state index contributed by atoms with van der Waals surface area (Å²) in [7, 11) is 0. The van der Waals surface area contributed by atoms with Crippen LogP contribution in [0.2, 0.25) is 0 Å². The zero-order valence-electron chi connectivity index (χ0n) is 15.0. The molecule has 1 aromatic rings. The smallest absolute Gasteiger partial charge is 0.407 e. The second-order valence-electron chi connectivity index (χ2n) is 6.89. The quantitative estimate of drug-likeness (QED) is 0.900. The third kappa shape index (κ3) is 5.56. The fourth-order valence-corrected chi connectivity index (χ4v) is 3.37. The van der Waals surface area contributed by atoms with Crippen molar-refractivity contribution < 1.29 is 19.0 Å². The zero-order valence-corrected chi connectivity index (χ0v) is 15.0. The number of nitrogens with zero attached hydrogens (tertiary/aromatic N) is 2. The van der Waals surface area contributed by atoms with E-state index >= 15 is 0 Å². The lowest BCUT2D eigenvalue weighted by molar-refractivity contribution is -0.0000633. The minimum Gasteiger partial charge on any atom is -0.460 e. The molecule has 25 heavy (non-hydrogen) atoms. The zero-order chi connectivity index (χ0) is 17.6. The van der Waals surface area contributed by atoms with Crippen molar-refractivity contribution in [1.29, 1.82) is 0 Å². The molecule has 0 bridgehead atoms. The highest BCUT2D eigenvalue weighted by Crippen LogP contribution is 2.23. The summed E-state index contributed by atoms with van der Waals surface area (Å²) in [4.78, 5) is 20.7. The summed E-state index contributed by atoms with van der Waals surface area (Å²) in [5.74, 6) is 0. The summed E-state index contributed by atoms with van der Waals surface area (Å²) in [5, 5.41) is 2.98. The molecular weight excluding hydrogens is 322 g/mol. The number of amides is 1. The number of carbonyl (C=O) groups excluding carboxylic acids is 1. The Labute approximate surface area is 148 Å². The van der Waals surface area contributed by atoms with Crippen LogP contribution < -0.4 is 10.1 Å². The van der Waals surface area contributed by atoms with Gasteiger partial charge in [-0.05, 0) is 45.6 Å². The van der Waals surface area contributed by atoms with E-state index in [-0.39, 0.29) is 24.3 Å². The monoisotopic (exact) mass is 349 g/mol. The molecule has 2 heterocycles. The molecule has 0 aromatic carbocycles. The van der Waals surface area contributed by atoms with Crippen LogP contribution in [0.25, 0.3) is 0 Å². The van der Waals surface area contributed by atoms with Crippen LogP contribution >= 0.6 is 0 Å². The second kappa shape index (κ2) is 8.47. The summed E-state index contributed by atoms with van der Waals surface area (Å²) in [6.45, 7) is 5.21. The molecule has 7 heteroatoms. The summed E-state index contributed by atoms with van der Waals surface area (Å²) < 4.78 is 16.6. The molecule has 1 saturated heterocycles. The predicted octanol–water partition coefficient (Wildman–Crippen LogP) is 2.69. The molecular formula is C18H27N3O4. The predicted molar refractivity (Wildman–Crippen MR) is 91.6 cm³/mol. The van der Waals surface area contributed by atoms with Crippen LogP contribution in [0.15, 0.2) is 6.07 Å². The lowest BCUT2D eigenvalue weighted by atomic mass is 9.93. The molecule has 138 valence electrons. The third-order valence-corrected chi connectivity index (χ3v) is 4.67. The summed E-state index contributed by atoms with van der Waals surface area (Å²) in [6.07, 6.45) is 4.83. The van der Waals surface area contributed by atoms with Gasteiger partial charge in [0.2, 0.25) is 0 Å². The van der Waals surface area contributed by atoms with Crippen molar-refractivity contribution in [3.63, 3.8) is 0 Å². The van der Waals surface area contributed by atoms with Gasteiger partial charge in [0.15, 0.2) is 0 Å². The van der Waals surface area contributed by atoms with Gasteiger partial charge in [-0.25, -0.2) is 14.8 Å². The third-order valence-electron chi connectivity index (χ3n) is 4.67. The van der Waals surface area contributed by atoms with Crippen molar-refractivity contribution in [1.82, 2.24) is 15.3 Å². The Kier molecular flexibility index (Phi) is 6.07. The van der Waals surface area contributed by atoms with E-state index in [1.54, 1.807) is 0 Å². The van der Waals surface area contributed by atoms with E-state index in [0.717, 1.165) is 49.9 Å². The molecule has 1 aromatic heterocycles. The molecule has 7 nitrogen and oxygen atoms in total. The maximum Gasteiger partial charge on any atom is 0.407 e. The molecule has 3 rings (SSSR count). The van der Waals surface area contributed by atoms with Gasteiger partial charge in [-0.15, -0.1) is 0 Å². The largest absolute Gasteiger partial charge is 0.460 e. The minimum atomic E-state index is -0.311. The average Bonchev–Trinajstić information content (AvgIpc) is 2.56. The number of aromatic nitrogens is 2. The molecule has 1 aliphatic heterocycles. The van der Waals surface area contributed by atoms with Gasteiger partial charge in [-0.2, -0.15) is 0 Å². The number of ether oxygens (including phenoxy) is 3. The maximum absolute atomic E-state index is 12.0. The summed E-state index contributed by atoms with van der Waals surface area (Å²) >= 11 is 0. The van der Waals surface area contributed by atoms with E-state index in [1.807, 2.05) is 19.9 Å². The van der Waals surface area contributed by atoms with Crippen molar-refractivity contribution in [2.24, 2.45) is 0 Å². The average molecular weight is 349 g/mol. The Bertz CT molecular complexity index is 561. The standard InChI is InChI=1S/C18H27N3O4/c1-12-11-13(2)20-17(19-12)24-15-5-3-14(4-6-15)21-18(22)25-16-7-9-23-10-8-16/h11,14-16H,3-10H2,1-2H3,(H,21,22). The number of nitrogens with one attached hydrogen (secondary N) is 1. The molecule has 0 atom stereocenters. The SMILES string of the molecule is Cc1cc(C)nc(OC2CCC(NC(=O)OC3CCOCC3)CC2)n1. The highest BCUT2D eigenvalue weighted by Gasteiger charge is 2.26. The van der Waals surface area contributed by atoms with E-state index in [1.165, 1.54) is 0 Å². The first-order valence-electron chi connectivity index (χ1n) is 9.12. The Morgan fingerprint density at radius 3 is 2.32 bits per heavy atom. The van der Waals surface area contributed by atoms with Crippen molar-refractivity contribution >= 4 is 6.09 Å². The van der Waals surface area contributed by atoms with Gasteiger partial charge < -0.3 is 19.5 Å². The maximum atomic E-state index is 12.0. The fraction of sp³-hybridized carbons (Fsp3) is 0.722. The highest BCUT2D eigenvalue weighted by molar-refractivity contribution is 5.67. The first-order valence-corrected chi connectivity index (χ1v) is 9.12. The first-order chi connectivity index (χ1) is 12.1. The number of carbonyl (C=O) groups is 1. The molecule has 0 spiro atoms. The van der Waals surface area contributed by atoms with Crippen LogP contribution in [0.4, 0.5) is 4.79 Å². The number of rotatable bonds is 4. The Morgan fingerprint density at radius 1 is 1.04 bits per heavy atom. The molecule has 0 unspecified atom stereocenters.